The van der Waals surface area contributed by atoms with E-state index in [2.05, 4.69) is 20.9 Å². The van der Waals surface area contributed by atoms with Gasteiger partial charge in [-0.1, -0.05) is 23.7 Å². The number of halogens is 1. The summed E-state index contributed by atoms with van der Waals surface area (Å²) in [6.45, 7) is 1.75. The highest BCUT2D eigenvalue weighted by atomic mass is 35.5. The minimum atomic E-state index is -0.506. The topological polar surface area (TPSA) is 88.9 Å². The van der Waals surface area contributed by atoms with Gasteiger partial charge in [-0.25, -0.2) is 4.68 Å². The summed E-state index contributed by atoms with van der Waals surface area (Å²) >= 11 is 5.99. The fourth-order valence-corrected chi connectivity index (χ4v) is 2.43. The van der Waals surface area contributed by atoms with Crippen LogP contribution in [-0.4, -0.2) is 26.6 Å². The molecule has 0 atom stereocenters. The summed E-state index contributed by atoms with van der Waals surface area (Å²) in [6.07, 6.45) is 2.93. The van der Waals surface area contributed by atoms with Crippen molar-refractivity contribution < 1.29 is 9.59 Å². The monoisotopic (exact) mass is 355 g/mol. The third-order valence-electron chi connectivity index (χ3n) is 3.49. The zero-order chi connectivity index (χ0) is 17.8. The lowest BCUT2D eigenvalue weighted by molar-refractivity contribution is 0.0843. The van der Waals surface area contributed by atoms with Gasteiger partial charge >= 0.3 is 0 Å². The van der Waals surface area contributed by atoms with Crippen molar-refractivity contribution in [3.05, 3.63) is 76.8 Å². The summed E-state index contributed by atoms with van der Waals surface area (Å²) in [5.41, 5.74) is 6.57. The Hall–Kier alpha value is -3.19. The maximum atomic E-state index is 12.3. The second kappa shape index (κ2) is 7.14. The molecule has 8 heteroatoms. The van der Waals surface area contributed by atoms with E-state index in [1.54, 1.807) is 48.0 Å². The van der Waals surface area contributed by atoms with Crippen LogP contribution >= 0.6 is 11.6 Å². The Morgan fingerprint density at radius 1 is 1.08 bits per heavy atom. The Labute approximate surface area is 148 Å². The summed E-state index contributed by atoms with van der Waals surface area (Å²) in [5.74, 6) is -0.983. The standard InChI is InChI=1S/C17H14ClN5O2/c1-11-14(10-20-23(11)13-6-4-5-12(18)9-13)16(24)21-22-17(25)15-7-2-3-8-19-15/h2-10H,1H3,(H,21,24)(H,22,25). The number of amides is 2. The van der Waals surface area contributed by atoms with Crippen LogP contribution in [0.15, 0.2) is 54.9 Å². The van der Waals surface area contributed by atoms with Gasteiger partial charge in [0, 0.05) is 11.2 Å². The molecule has 0 radical (unpaired) electrons. The summed E-state index contributed by atoms with van der Waals surface area (Å²) in [7, 11) is 0. The van der Waals surface area contributed by atoms with Gasteiger partial charge in [0.05, 0.1) is 23.1 Å². The van der Waals surface area contributed by atoms with Gasteiger partial charge in [-0.05, 0) is 37.3 Å². The number of hydrogen-bond acceptors (Lipinski definition) is 4. The molecule has 0 aliphatic carbocycles. The van der Waals surface area contributed by atoms with Gasteiger partial charge in [0.2, 0.25) is 0 Å². The molecule has 3 aromatic rings. The zero-order valence-electron chi connectivity index (χ0n) is 13.2. The summed E-state index contributed by atoms with van der Waals surface area (Å²) in [6, 6.07) is 12.1. The molecule has 0 saturated heterocycles. The van der Waals surface area contributed by atoms with E-state index in [0.717, 1.165) is 5.69 Å². The van der Waals surface area contributed by atoms with Crippen molar-refractivity contribution in [1.82, 2.24) is 25.6 Å². The number of benzene rings is 1. The molecule has 1 aromatic carbocycles. The van der Waals surface area contributed by atoms with E-state index in [9.17, 15) is 9.59 Å². The predicted molar refractivity (Wildman–Crippen MR) is 92.5 cm³/mol. The average Bonchev–Trinajstić information content (AvgIpc) is 3.01. The minimum absolute atomic E-state index is 0.203. The molecule has 2 N–H and O–H groups in total. The first-order chi connectivity index (χ1) is 12.1. The van der Waals surface area contributed by atoms with E-state index < -0.39 is 11.8 Å². The number of pyridine rings is 1. The van der Waals surface area contributed by atoms with Gasteiger partial charge < -0.3 is 0 Å². The Balaban J connectivity index is 1.72. The third-order valence-corrected chi connectivity index (χ3v) is 3.73. The fourth-order valence-electron chi connectivity index (χ4n) is 2.24. The van der Waals surface area contributed by atoms with E-state index >= 15 is 0 Å². The minimum Gasteiger partial charge on any atom is -0.267 e. The predicted octanol–water partition coefficient (Wildman–Crippen LogP) is 2.30. The number of carbonyl (C=O) groups is 2. The van der Waals surface area contributed by atoms with Crippen LogP contribution in [0.25, 0.3) is 5.69 Å². The van der Waals surface area contributed by atoms with Crippen molar-refractivity contribution in [3.63, 3.8) is 0 Å². The van der Waals surface area contributed by atoms with Gasteiger partial charge in [0.15, 0.2) is 0 Å². The van der Waals surface area contributed by atoms with Crippen LogP contribution in [0.2, 0.25) is 5.02 Å². The molecule has 0 aliphatic rings. The van der Waals surface area contributed by atoms with Crippen LogP contribution in [0.4, 0.5) is 0 Å². The van der Waals surface area contributed by atoms with Crippen molar-refractivity contribution in [2.75, 3.05) is 0 Å². The molecule has 0 saturated carbocycles. The molecule has 0 aliphatic heterocycles. The van der Waals surface area contributed by atoms with Gasteiger partial charge in [-0.15, -0.1) is 0 Å². The Bertz CT molecular complexity index is 924. The molecular formula is C17H14ClN5O2. The summed E-state index contributed by atoms with van der Waals surface area (Å²) < 4.78 is 1.60. The van der Waals surface area contributed by atoms with Gasteiger partial charge in [0.1, 0.15) is 5.69 Å². The van der Waals surface area contributed by atoms with Crippen LogP contribution in [0, 0.1) is 6.92 Å². The molecule has 25 heavy (non-hydrogen) atoms. The number of rotatable bonds is 3. The molecule has 0 bridgehead atoms. The lowest BCUT2D eigenvalue weighted by Crippen LogP contribution is -2.42. The number of carbonyl (C=O) groups excluding carboxylic acids is 2. The van der Waals surface area contributed by atoms with Crippen molar-refractivity contribution in [3.8, 4) is 5.69 Å². The second-order valence-electron chi connectivity index (χ2n) is 5.16. The molecule has 0 fully saturated rings. The highest BCUT2D eigenvalue weighted by molar-refractivity contribution is 6.30. The third kappa shape index (κ3) is 3.67. The molecule has 2 heterocycles. The van der Waals surface area contributed by atoms with Gasteiger partial charge in [0.25, 0.3) is 11.8 Å². The smallest absolute Gasteiger partial charge is 0.267 e. The lowest BCUT2D eigenvalue weighted by Gasteiger charge is -2.08. The first-order valence-corrected chi connectivity index (χ1v) is 7.76. The summed E-state index contributed by atoms with van der Waals surface area (Å²) in [5, 5.41) is 4.78. The SMILES string of the molecule is Cc1c(C(=O)NNC(=O)c2ccccn2)cnn1-c1cccc(Cl)c1. The van der Waals surface area contributed by atoms with E-state index in [4.69, 9.17) is 11.6 Å². The Morgan fingerprint density at radius 2 is 1.88 bits per heavy atom. The van der Waals surface area contributed by atoms with Crippen LogP contribution < -0.4 is 10.9 Å². The molecule has 7 nitrogen and oxygen atoms in total. The van der Waals surface area contributed by atoms with Crippen LogP contribution in [0.5, 0.6) is 0 Å². The first kappa shape index (κ1) is 16.7. The van der Waals surface area contributed by atoms with E-state index in [1.165, 1.54) is 12.4 Å². The maximum absolute atomic E-state index is 12.3. The zero-order valence-corrected chi connectivity index (χ0v) is 14.0. The largest absolute Gasteiger partial charge is 0.288 e. The van der Waals surface area contributed by atoms with Crippen molar-refractivity contribution in [2.45, 2.75) is 6.92 Å². The Kier molecular flexibility index (Phi) is 4.76. The van der Waals surface area contributed by atoms with E-state index in [0.29, 0.717) is 16.3 Å². The Morgan fingerprint density at radius 3 is 2.60 bits per heavy atom. The quantitative estimate of drug-likeness (QED) is 0.705. The highest BCUT2D eigenvalue weighted by Gasteiger charge is 2.16. The number of hydrogen-bond donors (Lipinski definition) is 2. The molecule has 2 aromatic heterocycles. The fraction of sp³-hybridized carbons (Fsp3) is 0.0588. The lowest BCUT2D eigenvalue weighted by atomic mass is 10.2. The van der Waals surface area contributed by atoms with Crippen LogP contribution in [0.3, 0.4) is 0 Å². The first-order valence-electron chi connectivity index (χ1n) is 7.38. The molecule has 0 unspecified atom stereocenters. The average molecular weight is 356 g/mol. The molecule has 126 valence electrons. The molecule has 2 amide bonds. The number of nitrogens with one attached hydrogen (secondary N) is 2. The molecule has 3 rings (SSSR count). The number of hydrazine groups is 1. The van der Waals surface area contributed by atoms with E-state index in [1.807, 2.05) is 6.07 Å². The number of aromatic nitrogens is 3. The number of nitrogens with zero attached hydrogens (tertiary/aromatic N) is 3. The van der Waals surface area contributed by atoms with E-state index in [-0.39, 0.29) is 5.69 Å². The van der Waals surface area contributed by atoms with Gasteiger partial charge in [-0.2, -0.15) is 5.10 Å². The van der Waals surface area contributed by atoms with Crippen molar-refractivity contribution >= 4 is 23.4 Å². The second-order valence-corrected chi connectivity index (χ2v) is 5.59. The van der Waals surface area contributed by atoms with Crippen LogP contribution in [-0.2, 0) is 0 Å². The van der Waals surface area contributed by atoms with Crippen LogP contribution in [0.1, 0.15) is 26.5 Å². The van der Waals surface area contributed by atoms with Gasteiger partial charge in [-0.3, -0.25) is 25.4 Å². The highest BCUT2D eigenvalue weighted by Crippen LogP contribution is 2.17. The maximum Gasteiger partial charge on any atom is 0.288 e. The molecular weight excluding hydrogens is 342 g/mol. The normalized spacial score (nSPS) is 10.3. The molecule has 0 spiro atoms. The van der Waals surface area contributed by atoms with Crippen molar-refractivity contribution in [1.29, 1.82) is 0 Å². The van der Waals surface area contributed by atoms with Crippen molar-refractivity contribution in [2.24, 2.45) is 0 Å². The summed E-state index contributed by atoms with van der Waals surface area (Å²) in [4.78, 5) is 28.1.